The van der Waals surface area contributed by atoms with Crippen LogP contribution in [0.5, 0.6) is 0 Å². The zero-order valence-corrected chi connectivity index (χ0v) is 11.9. The van der Waals surface area contributed by atoms with Gasteiger partial charge in [0, 0.05) is 21.8 Å². The van der Waals surface area contributed by atoms with Gasteiger partial charge in [0.05, 0.1) is 11.8 Å². The number of nitrogens with zero attached hydrogens (tertiary/aromatic N) is 2. The number of benzene rings is 1. The van der Waals surface area contributed by atoms with Gasteiger partial charge in [0.1, 0.15) is 6.07 Å². The van der Waals surface area contributed by atoms with Crippen molar-refractivity contribution >= 4 is 34.9 Å². The van der Waals surface area contributed by atoms with E-state index < -0.39 is 11.4 Å². The van der Waals surface area contributed by atoms with E-state index in [9.17, 15) is 9.47 Å². The van der Waals surface area contributed by atoms with Crippen molar-refractivity contribution < 1.29 is 13.0 Å². The maximum absolute atomic E-state index is 10.4. The molecule has 0 spiro atoms. The van der Waals surface area contributed by atoms with E-state index in [2.05, 4.69) is 15.5 Å². The van der Waals surface area contributed by atoms with Crippen molar-refractivity contribution in [3.8, 4) is 6.07 Å². The second kappa shape index (κ2) is 7.05. The first-order valence-corrected chi connectivity index (χ1v) is 7.59. The topological polar surface area (TPSA) is 82.7 Å². The summed E-state index contributed by atoms with van der Waals surface area (Å²) in [6.45, 7) is 0. The van der Waals surface area contributed by atoms with E-state index in [1.54, 1.807) is 30.0 Å². The van der Waals surface area contributed by atoms with E-state index in [0.717, 1.165) is 10.7 Å². The van der Waals surface area contributed by atoms with Crippen LogP contribution in [0.2, 0.25) is 0 Å². The molecule has 1 aliphatic rings. The molecule has 0 radical (unpaired) electrons. The second-order valence-corrected chi connectivity index (χ2v) is 5.32. The van der Waals surface area contributed by atoms with Crippen molar-refractivity contribution in [2.24, 2.45) is 5.16 Å². The van der Waals surface area contributed by atoms with Crippen molar-refractivity contribution in [3.05, 3.63) is 52.4 Å². The van der Waals surface area contributed by atoms with Crippen LogP contribution in [0.15, 0.2) is 46.5 Å². The Kier molecular flexibility index (Phi) is 5.12. The van der Waals surface area contributed by atoms with Crippen LogP contribution in [0.25, 0.3) is 5.57 Å². The van der Waals surface area contributed by atoms with Crippen molar-refractivity contribution in [2.45, 2.75) is 0 Å². The van der Waals surface area contributed by atoms with E-state index in [0.29, 0.717) is 16.7 Å². The van der Waals surface area contributed by atoms with Crippen molar-refractivity contribution in [1.82, 2.24) is 0 Å². The number of rotatable bonds is 4. The van der Waals surface area contributed by atoms with Gasteiger partial charge >= 0.3 is 11.4 Å². The molecule has 0 bridgehead atoms. The first-order chi connectivity index (χ1) is 9.72. The molecule has 0 aliphatic carbocycles. The fraction of sp³-hybridized carbons (Fsp3) is 0.0769. The molecule has 5 nitrogen and oxygen atoms in total. The van der Waals surface area contributed by atoms with Gasteiger partial charge in [-0.15, -0.1) is 11.8 Å². The third-order valence-corrected chi connectivity index (χ3v) is 3.72. The summed E-state index contributed by atoms with van der Waals surface area (Å²) in [5.74, 6) is 0.851. The average molecular weight is 306 g/mol. The van der Waals surface area contributed by atoms with Crippen molar-refractivity contribution in [1.29, 1.82) is 5.26 Å². The number of thioether (sulfide) groups is 1. The third kappa shape index (κ3) is 3.57. The predicted molar refractivity (Wildman–Crippen MR) is 80.0 cm³/mol. The lowest BCUT2D eigenvalue weighted by Crippen LogP contribution is -1.94. The van der Waals surface area contributed by atoms with Crippen molar-refractivity contribution in [2.75, 3.05) is 5.75 Å². The smallest absolute Gasteiger partial charge is 0.273 e. The van der Waals surface area contributed by atoms with Crippen LogP contribution in [0.3, 0.4) is 0 Å². The number of hydrogen-bond acceptors (Lipinski definition) is 5. The third-order valence-electron chi connectivity index (χ3n) is 2.49. The predicted octanol–water partition coefficient (Wildman–Crippen LogP) is 2.71. The molecule has 1 aromatic carbocycles. The van der Waals surface area contributed by atoms with Crippen LogP contribution < -0.4 is 0 Å². The van der Waals surface area contributed by atoms with E-state index in [-0.39, 0.29) is 0 Å². The van der Waals surface area contributed by atoms with Crippen LogP contribution in [-0.2, 0) is 15.6 Å². The molecule has 102 valence electrons. The molecule has 1 unspecified atom stereocenters. The minimum atomic E-state index is -2.45. The monoisotopic (exact) mass is 306 g/mol. The molecular weight excluding hydrogens is 296 g/mol. The van der Waals surface area contributed by atoms with Gasteiger partial charge in [-0.3, -0.25) is 8.84 Å². The standard InChI is InChI=1S/C13H10N2O3S2/c14-8-12(13-6-3-7-19-13)11-5-2-1-4-10(11)9-15-18-20(16)17/h1-6,9H,7H2,(H,16,17)/b13-12+,15-9-. The van der Waals surface area contributed by atoms with E-state index in [1.807, 2.05) is 18.2 Å². The minimum Gasteiger partial charge on any atom is -0.273 e. The fourth-order valence-electron chi connectivity index (χ4n) is 1.70. The highest BCUT2D eigenvalue weighted by molar-refractivity contribution is 8.03. The van der Waals surface area contributed by atoms with E-state index in [4.69, 9.17) is 4.55 Å². The Morgan fingerprint density at radius 2 is 2.35 bits per heavy atom. The summed E-state index contributed by atoms with van der Waals surface area (Å²) >= 11 is -0.862. The molecule has 0 aromatic heterocycles. The second-order valence-electron chi connectivity index (χ2n) is 3.68. The van der Waals surface area contributed by atoms with Gasteiger partial charge in [0.15, 0.2) is 0 Å². The molecular formula is C13H10N2O3S2. The normalized spacial score (nSPS) is 18.0. The molecule has 2 rings (SSSR count). The minimum absolute atomic E-state index is 0.552. The molecule has 1 aromatic rings. The van der Waals surface area contributed by atoms with Gasteiger partial charge in [-0.1, -0.05) is 41.6 Å². The van der Waals surface area contributed by atoms with Gasteiger partial charge in [0.25, 0.3) is 0 Å². The fourth-order valence-corrected chi connectivity index (χ4v) is 2.68. The number of nitriles is 1. The van der Waals surface area contributed by atoms with Crippen LogP contribution in [0, 0.1) is 11.3 Å². The van der Waals surface area contributed by atoms with E-state index in [1.165, 1.54) is 6.21 Å². The van der Waals surface area contributed by atoms with Gasteiger partial charge in [-0.05, 0) is 0 Å². The van der Waals surface area contributed by atoms with Crippen LogP contribution in [-0.4, -0.2) is 20.7 Å². The summed E-state index contributed by atoms with van der Waals surface area (Å²) in [7, 11) is 0. The SMILES string of the molecule is N#C/C(=C1/C=CCS1)c1ccccc1/C=N\OS(=O)O. The Balaban J connectivity index is 2.39. The molecule has 0 saturated carbocycles. The highest BCUT2D eigenvalue weighted by atomic mass is 32.2. The zero-order valence-electron chi connectivity index (χ0n) is 10.2. The van der Waals surface area contributed by atoms with Crippen LogP contribution in [0.4, 0.5) is 0 Å². The summed E-state index contributed by atoms with van der Waals surface area (Å²) in [6, 6.07) is 9.36. The Morgan fingerprint density at radius 1 is 1.55 bits per heavy atom. The van der Waals surface area contributed by atoms with Gasteiger partial charge in [-0.25, -0.2) is 0 Å². The van der Waals surface area contributed by atoms with Gasteiger partial charge in [0.2, 0.25) is 0 Å². The first kappa shape index (κ1) is 14.5. The Hall–Kier alpha value is -1.88. The van der Waals surface area contributed by atoms with Crippen molar-refractivity contribution in [3.63, 3.8) is 0 Å². The van der Waals surface area contributed by atoms with Gasteiger partial charge in [-0.2, -0.15) is 9.47 Å². The highest BCUT2D eigenvalue weighted by Gasteiger charge is 2.13. The van der Waals surface area contributed by atoms with Crippen LogP contribution >= 0.6 is 11.8 Å². The summed E-state index contributed by atoms with van der Waals surface area (Å²) in [5.41, 5.74) is 1.90. The lowest BCUT2D eigenvalue weighted by molar-refractivity contribution is 0.327. The summed E-state index contributed by atoms with van der Waals surface area (Å²) in [6.07, 6.45) is 5.22. The number of oxime groups is 1. The summed E-state index contributed by atoms with van der Waals surface area (Å²) in [5, 5.41) is 12.8. The molecule has 20 heavy (non-hydrogen) atoms. The van der Waals surface area contributed by atoms with Gasteiger partial charge < -0.3 is 0 Å². The van der Waals surface area contributed by atoms with E-state index >= 15 is 0 Å². The molecule has 0 fully saturated rings. The Morgan fingerprint density at radius 3 is 3.00 bits per heavy atom. The molecule has 1 atom stereocenters. The molecule has 1 aliphatic heterocycles. The number of allylic oxidation sites excluding steroid dienone is 2. The van der Waals surface area contributed by atoms with Crippen LogP contribution in [0.1, 0.15) is 11.1 Å². The molecule has 7 heteroatoms. The lowest BCUT2D eigenvalue weighted by atomic mass is 10.0. The number of hydrogen-bond donors (Lipinski definition) is 1. The summed E-state index contributed by atoms with van der Waals surface area (Å²) in [4.78, 5) is 0.903. The molecule has 1 N–H and O–H groups in total. The Labute approximate surface area is 123 Å². The summed E-state index contributed by atoms with van der Waals surface area (Å²) < 4.78 is 23.1. The zero-order chi connectivity index (χ0) is 14.4. The molecule has 0 saturated heterocycles. The largest absolute Gasteiger partial charge is 0.378 e. The maximum atomic E-state index is 10.4. The Bertz CT molecular complexity index is 660. The maximum Gasteiger partial charge on any atom is 0.378 e. The molecule has 0 amide bonds. The highest BCUT2D eigenvalue weighted by Crippen LogP contribution is 2.32. The quantitative estimate of drug-likeness (QED) is 0.400. The average Bonchev–Trinajstić information content (AvgIpc) is 2.95. The molecule has 1 heterocycles. The first-order valence-electron chi connectivity index (χ1n) is 5.57. The lowest BCUT2D eigenvalue weighted by Gasteiger charge is -2.06.